The molecule has 2 aliphatic heterocycles. The summed E-state index contributed by atoms with van der Waals surface area (Å²) in [5.74, 6) is 0. The summed E-state index contributed by atoms with van der Waals surface area (Å²) in [6.07, 6.45) is 6.83. The lowest BCUT2D eigenvalue weighted by Gasteiger charge is -2.45. The normalized spacial score (nSPS) is 16.6. The zero-order chi connectivity index (χ0) is 44.9. The number of allylic oxidation sites excluding steroid dienone is 1. The Kier molecular flexibility index (Phi) is 7.83. The first-order valence-electron chi connectivity index (χ1n) is 24.0. The Labute approximate surface area is 400 Å². The molecule has 1 atom stereocenters. The monoisotopic (exact) mass is 887 g/mol. The van der Waals surface area contributed by atoms with Gasteiger partial charge in [0, 0.05) is 65.4 Å². The van der Waals surface area contributed by atoms with Crippen molar-refractivity contribution in [2.75, 3.05) is 4.90 Å². The first kappa shape index (κ1) is 38.3. The van der Waals surface area contributed by atoms with Crippen molar-refractivity contribution in [3.63, 3.8) is 0 Å². The van der Waals surface area contributed by atoms with Gasteiger partial charge in [0.25, 0.3) is 0 Å². The number of fused-ring (bicyclic) bond motifs is 17. The minimum absolute atomic E-state index is 0.0972. The molecule has 3 nitrogen and oxygen atoms in total. The Hall–Kier alpha value is -7.79. The van der Waals surface area contributed by atoms with Crippen molar-refractivity contribution < 1.29 is 0 Å². The molecule has 2 aliphatic carbocycles. The summed E-state index contributed by atoms with van der Waals surface area (Å²) >= 11 is 1.92. The molecule has 322 valence electrons. The molecule has 4 aliphatic rings. The Morgan fingerprint density at radius 2 is 1.16 bits per heavy atom. The van der Waals surface area contributed by atoms with E-state index < -0.39 is 5.41 Å². The van der Waals surface area contributed by atoms with Crippen LogP contribution in [0.15, 0.2) is 216 Å². The molecule has 0 N–H and O–H groups in total. The lowest BCUT2D eigenvalue weighted by atomic mass is 9.62. The van der Waals surface area contributed by atoms with Gasteiger partial charge < -0.3 is 14.0 Å². The van der Waals surface area contributed by atoms with Crippen molar-refractivity contribution in [2.24, 2.45) is 0 Å². The largest absolute Gasteiger partial charge is 0.312 e. The van der Waals surface area contributed by atoms with Crippen molar-refractivity contribution >= 4 is 67.6 Å². The molecule has 9 aromatic carbocycles. The van der Waals surface area contributed by atoms with Gasteiger partial charge in [-0.2, -0.15) is 0 Å². The van der Waals surface area contributed by atoms with Gasteiger partial charge in [0.05, 0.1) is 27.7 Å². The van der Waals surface area contributed by atoms with Crippen LogP contribution in [0.25, 0.3) is 61.3 Å². The molecule has 15 rings (SSSR count). The van der Waals surface area contributed by atoms with Crippen LogP contribution in [0.3, 0.4) is 0 Å². The number of nitrogens with zero attached hydrogens (tertiary/aromatic N) is 3. The van der Waals surface area contributed by atoms with E-state index in [1.54, 1.807) is 0 Å². The molecule has 4 heterocycles. The van der Waals surface area contributed by atoms with E-state index >= 15 is 0 Å². The highest BCUT2D eigenvalue weighted by Gasteiger charge is 2.50. The van der Waals surface area contributed by atoms with Crippen LogP contribution in [0.5, 0.6) is 0 Å². The van der Waals surface area contributed by atoms with Crippen LogP contribution in [-0.2, 0) is 17.3 Å². The molecule has 68 heavy (non-hydrogen) atoms. The van der Waals surface area contributed by atoms with E-state index in [1.807, 2.05) is 11.8 Å². The first-order valence-corrected chi connectivity index (χ1v) is 24.8. The maximum Gasteiger partial charge on any atom is 0.0764 e. The molecule has 0 bridgehead atoms. The van der Waals surface area contributed by atoms with Crippen molar-refractivity contribution in [3.05, 3.63) is 251 Å². The topological polar surface area (TPSA) is 13.1 Å². The zero-order valence-electron chi connectivity index (χ0n) is 37.9. The van der Waals surface area contributed by atoms with E-state index in [0.29, 0.717) is 0 Å². The SMILES string of the molecule is CC1(C)c2ccccc2-c2ccc(N(c3ccccc3)c3ccc(-n4c5ccccc5c5cc6c(cc54)Sc4ccccc4C64c5ccccc5-n5c6c(c7cccc4c75)C=CCC6)cc3)cc21. The fraction of sp³-hybridized carbons (Fsp3) is 0.0938. The lowest BCUT2D eigenvalue weighted by molar-refractivity contribution is 0.660. The summed E-state index contributed by atoms with van der Waals surface area (Å²) < 4.78 is 5.11. The summed E-state index contributed by atoms with van der Waals surface area (Å²) in [4.78, 5) is 5.01. The summed E-state index contributed by atoms with van der Waals surface area (Å²) in [5, 5.41) is 3.87. The Morgan fingerprint density at radius 3 is 2.04 bits per heavy atom. The van der Waals surface area contributed by atoms with Gasteiger partial charge in [-0.3, -0.25) is 0 Å². The third kappa shape index (κ3) is 4.95. The second kappa shape index (κ2) is 13.9. The number of benzene rings is 9. The van der Waals surface area contributed by atoms with Crippen LogP contribution in [0.1, 0.15) is 64.9 Å². The number of para-hydroxylation sites is 4. The minimum atomic E-state index is -0.524. The fourth-order valence-electron chi connectivity index (χ4n) is 12.9. The van der Waals surface area contributed by atoms with E-state index in [4.69, 9.17) is 0 Å². The Bertz CT molecular complexity index is 3980. The number of aromatic nitrogens is 2. The van der Waals surface area contributed by atoms with E-state index in [0.717, 1.165) is 35.6 Å². The summed E-state index contributed by atoms with van der Waals surface area (Å²) in [7, 11) is 0. The van der Waals surface area contributed by atoms with Crippen molar-refractivity contribution in [2.45, 2.75) is 47.3 Å². The van der Waals surface area contributed by atoms with E-state index in [2.05, 4.69) is 240 Å². The molecule has 1 spiro atoms. The molecule has 0 amide bonds. The molecular weight excluding hydrogens is 843 g/mol. The second-order valence-electron chi connectivity index (χ2n) is 19.5. The molecule has 0 fully saturated rings. The van der Waals surface area contributed by atoms with E-state index in [-0.39, 0.29) is 5.41 Å². The Balaban J connectivity index is 0.931. The van der Waals surface area contributed by atoms with Crippen LogP contribution >= 0.6 is 11.8 Å². The average molecular weight is 888 g/mol. The molecule has 4 heteroatoms. The maximum absolute atomic E-state index is 2.62. The van der Waals surface area contributed by atoms with Crippen LogP contribution in [0.2, 0.25) is 0 Å². The molecule has 2 aromatic heterocycles. The van der Waals surface area contributed by atoms with Crippen LogP contribution in [-0.4, -0.2) is 9.13 Å². The van der Waals surface area contributed by atoms with Crippen LogP contribution in [0.4, 0.5) is 17.1 Å². The van der Waals surface area contributed by atoms with E-state index in [9.17, 15) is 0 Å². The van der Waals surface area contributed by atoms with Gasteiger partial charge in [-0.15, -0.1) is 0 Å². The van der Waals surface area contributed by atoms with E-state index in [1.165, 1.54) is 104 Å². The second-order valence-corrected chi connectivity index (χ2v) is 20.6. The third-order valence-corrected chi connectivity index (χ3v) is 16.9. The van der Waals surface area contributed by atoms with Gasteiger partial charge in [-0.1, -0.05) is 159 Å². The lowest BCUT2D eigenvalue weighted by Crippen LogP contribution is -2.38. The number of anilines is 3. The fourth-order valence-corrected chi connectivity index (χ4v) is 14.1. The first-order chi connectivity index (χ1) is 33.5. The summed E-state index contributed by atoms with van der Waals surface area (Å²) in [6.45, 7) is 4.72. The zero-order valence-corrected chi connectivity index (χ0v) is 38.7. The van der Waals surface area contributed by atoms with Gasteiger partial charge in [-0.25, -0.2) is 0 Å². The van der Waals surface area contributed by atoms with Crippen LogP contribution < -0.4 is 4.90 Å². The quantitative estimate of drug-likeness (QED) is 0.175. The molecule has 0 saturated heterocycles. The smallest absolute Gasteiger partial charge is 0.0764 e. The molecule has 0 radical (unpaired) electrons. The summed E-state index contributed by atoms with van der Waals surface area (Å²) in [6, 6.07) is 75.6. The van der Waals surface area contributed by atoms with Gasteiger partial charge in [0.1, 0.15) is 0 Å². The van der Waals surface area contributed by atoms with Crippen molar-refractivity contribution in [1.82, 2.24) is 9.13 Å². The van der Waals surface area contributed by atoms with Crippen molar-refractivity contribution in [3.8, 4) is 22.5 Å². The minimum Gasteiger partial charge on any atom is -0.312 e. The maximum atomic E-state index is 2.62. The highest BCUT2D eigenvalue weighted by molar-refractivity contribution is 7.99. The van der Waals surface area contributed by atoms with Crippen molar-refractivity contribution in [1.29, 1.82) is 0 Å². The predicted octanol–water partition coefficient (Wildman–Crippen LogP) is 16.6. The molecular formula is C64H45N3S. The molecule has 1 unspecified atom stereocenters. The Morgan fingerprint density at radius 1 is 0.471 bits per heavy atom. The summed E-state index contributed by atoms with van der Waals surface area (Å²) in [5.41, 5.74) is 22.6. The predicted molar refractivity (Wildman–Crippen MR) is 283 cm³/mol. The van der Waals surface area contributed by atoms with Gasteiger partial charge in [-0.05, 0) is 136 Å². The highest BCUT2D eigenvalue weighted by Crippen LogP contribution is 2.61. The van der Waals surface area contributed by atoms with Gasteiger partial charge >= 0.3 is 0 Å². The van der Waals surface area contributed by atoms with Gasteiger partial charge in [0.15, 0.2) is 0 Å². The highest BCUT2D eigenvalue weighted by atomic mass is 32.2. The molecule has 0 saturated carbocycles. The number of hydrogen-bond donors (Lipinski definition) is 0. The van der Waals surface area contributed by atoms with Crippen LogP contribution in [0, 0.1) is 0 Å². The van der Waals surface area contributed by atoms with Gasteiger partial charge in [0.2, 0.25) is 0 Å². The average Bonchev–Trinajstić information content (AvgIpc) is 3.98. The third-order valence-electron chi connectivity index (χ3n) is 15.8. The number of rotatable bonds is 4. The number of hydrogen-bond acceptors (Lipinski definition) is 2. The standard InChI is InChI=1S/C64H45N3S/c1-63(2)50-23-9-6-19-44(50)45-36-35-43(37-54(45)63)65(40-17-4-3-5-18-40)41-31-33-42(34-32-41)66-56-27-12-8-21-47(56)49-38-55-61(39-59(49)66)68-60-30-15-11-25-52(60)64(55)51-24-10-14-29-58(51)67-57-28-13-7-20-46(57)48-22-16-26-53(64)62(48)67/h3-12,14-27,29-39H,13,28H2,1-2H3. The molecule has 11 aromatic rings.